The van der Waals surface area contributed by atoms with Gasteiger partial charge in [0.15, 0.2) is 5.96 Å². The zero-order chi connectivity index (χ0) is 26.1. The number of amides is 3. The molecule has 0 fully saturated rings. The monoisotopic (exact) mass is 491 g/mol. The van der Waals surface area contributed by atoms with Gasteiger partial charge in [-0.15, -0.1) is 0 Å². The second-order valence-electron chi connectivity index (χ2n) is 6.90. The molecular weight excluding hydrogens is 458 g/mol. The molecule has 11 N–H and O–H groups in total. The molecule has 3 atom stereocenters. The van der Waals surface area contributed by atoms with E-state index in [4.69, 9.17) is 36.9 Å². The van der Waals surface area contributed by atoms with Crippen LogP contribution in [-0.4, -0.2) is 104 Å². The number of aliphatic hydroxyl groups is 1. The number of carbonyl (C=O) groups is 5. The smallest absolute Gasteiger partial charge is 0.328 e. The molecule has 0 rings (SSSR count). The molecule has 34 heavy (non-hydrogen) atoms. The first-order valence-electron chi connectivity index (χ1n) is 10.2. The first kappa shape index (κ1) is 30.5. The Kier molecular flexibility index (Phi) is 15.3. The number of ether oxygens (including phenoxy) is 2. The van der Waals surface area contributed by atoms with Gasteiger partial charge in [-0.2, -0.15) is 0 Å². The average molecular weight is 492 g/mol. The van der Waals surface area contributed by atoms with E-state index in [1.807, 2.05) is 0 Å². The van der Waals surface area contributed by atoms with Crippen molar-refractivity contribution in [3.05, 3.63) is 0 Å². The third-order valence-corrected chi connectivity index (χ3v) is 4.07. The van der Waals surface area contributed by atoms with Crippen molar-refractivity contribution in [2.45, 2.75) is 37.4 Å². The maximum atomic E-state index is 12.3. The largest absolute Gasteiger partial charge is 0.481 e. The van der Waals surface area contributed by atoms with Crippen molar-refractivity contribution in [1.29, 1.82) is 0 Å². The SMILES string of the molecule is COCCOC(=O)C(CCCN=C(N)N)NC(=O)CNC(=O)C(CC(=O)O)NC(=O)C(N)CO. The van der Waals surface area contributed by atoms with Crippen LogP contribution in [0.25, 0.3) is 0 Å². The van der Waals surface area contributed by atoms with Crippen LogP contribution in [0.15, 0.2) is 4.99 Å². The van der Waals surface area contributed by atoms with E-state index < -0.39 is 67.4 Å². The summed E-state index contributed by atoms with van der Waals surface area (Å²) in [5, 5.41) is 24.5. The molecule has 3 amide bonds. The number of carbonyl (C=O) groups excluding carboxylic acids is 4. The number of carboxylic acid groups (broad SMARTS) is 1. The van der Waals surface area contributed by atoms with Gasteiger partial charge < -0.3 is 52.8 Å². The Hall–Kier alpha value is -3.50. The summed E-state index contributed by atoms with van der Waals surface area (Å²) in [5.74, 6) is -4.99. The normalized spacial score (nSPS) is 13.0. The summed E-state index contributed by atoms with van der Waals surface area (Å²) in [4.78, 5) is 63.3. The van der Waals surface area contributed by atoms with E-state index >= 15 is 0 Å². The fourth-order valence-corrected chi connectivity index (χ4v) is 2.36. The molecule has 0 radical (unpaired) electrons. The minimum absolute atomic E-state index is 0.0428. The molecule has 0 spiro atoms. The Bertz CT molecular complexity index is 729. The Balaban J connectivity index is 4.98. The molecule has 0 aromatic rings. The quantitative estimate of drug-likeness (QED) is 0.0411. The van der Waals surface area contributed by atoms with Crippen molar-refractivity contribution >= 4 is 35.6 Å². The highest BCUT2D eigenvalue weighted by Gasteiger charge is 2.27. The lowest BCUT2D eigenvalue weighted by molar-refractivity contribution is -0.149. The van der Waals surface area contributed by atoms with Gasteiger partial charge in [0.1, 0.15) is 24.7 Å². The van der Waals surface area contributed by atoms with Gasteiger partial charge in [-0.3, -0.25) is 24.2 Å². The van der Waals surface area contributed by atoms with E-state index in [1.165, 1.54) is 7.11 Å². The number of rotatable bonds is 17. The molecule has 0 aliphatic carbocycles. The number of guanidine groups is 1. The number of aliphatic hydroxyl groups excluding tert-OH is 1. The molecule has 3 unspecified atom stereocenters. The van der Waals surface area contributed by atoms with Crippen LogP contribution in [0.5, 0.6) is 0 Å². The van der Waals surface area contributed by atoms with Crippen LogP contribution in [0.4, 0.5) is 0 Å². The van der Waals surface area contributed by atoms with Crippen molar-refractivity contribution in [2.24, 2.45) is 22.2 Å². The summed E-state index contributed by atoms with van der Waals surface area (Å²) >= 11 is 0. The fraction of sp³-hybridized carbons (Fsp3) is 0.667. The van der Waals surface area contributed by atoms with Gasteiger partial charge in [-0.1, -0.05) is 0 Å². The Morgan fingerprint density at radius 3 is 2.26 bits per heavy atom. The topological polar surface area (TPSA) is 271 Å². The number of aliphatic imine (C=N–C) groups is 1. The lowest BCUT2D eigenvalue weighted by Crippen LogP contribution is -2.54. The second kappa shape index (κ2) is 17.0. The van der Waals surface area contributed by atoms with Crippen LogP contribution in [0.3, 0.4) is 0 Å². The number of methoxy groups -OCH3 is 1. The third kappa shape index (κ3) is 13.8. The molecule has 0 heterocycles. The zero-order valence-electron chi connectivity index (χ0n) is 18.8. The van der Waals surface area contributed by atoms with Crippen molar-refractivity contribution in [3.8, 4) is 0 Å². The van der Waals surface area contributed by atoms with Gasteiger partial charge in [0.2, 0.25) is 17.7 Å². The van der Waals surface area contributed by atoms with Crippen molar-refractivity contribution in [3.63, 3.8) is 0 Å². The first-order chi connectivity index (χ1) is 16.0. The number of hydrogen-bond acceptors (Lipinski definition) is 10. The molecular formula is C18H33N7O9. The summed E-state index contributed by atoms with van der Waals surface area (Å²) in [7, 11) is 1.42. The average Bonchev–Trinajstić information content (AvgIpc) is 2.77. The Labute approximate surface area is 195 Å². The number of nitrogens with one attached hydrogen (secondary N) is 3. The summed E-state index contributed by atoms with van der Waals surface area (Å²) in [6, 6.07) is -3.99. The minimum atomic E-state index is -1.55. The van der Waals surface area contributed by atoms with E-state index in [1.54, 1.807) is 0 Å². The van der Waals surface area contributed by atoms with E-state index in [0.717, 1.165) is 0 Å². The molecule has 16 heteroatoms. The molecule has 0 aromatic heterocycles. The van der Waals surface area contributed by atoms with Crippen molar-refractivity contribution in [2.75, 3.05) is 40.0 Å². The van der Waals surface area contributed by atoms with Gasteiger partial charge in [0.25, 0.3) is 0 Å². The van der Waals surface area contributed by atoms with Crippen molar-refractivity contribution < 1.29 is 43.7 Å². The summed E-state index contributed by atoms with van der Waals surface area (Å²) in [6.45, 7) is -1.05. The molecule has 0 aliphatic rings. The number of nitrogens with two attached hydrogens (primary N) is 3. The van der Waals surface area contributed by atoms with Gasteiger partial charge >= 0.3 is 11.9 Å². The zero-order valence-corrected chi connectivity index (χ0v) is 18.8. The van der Waals surface area contributed by atoms with E-state index in [0.29, 0.717) is 6.42 Å². The van der Waals surface area contributed by atoms with Crippen LogP contribution in [0.1, 0.15) is 19.3 Å². The molecule has 0 aromatic carbocycles. The van der Waals surface area contributed by atoms with E-state index in [9.17, 15) is 24.0 Å². The molecule has 0 saturated carbocycles. The highest BCUT2D eigenvalue weighted by molar-refractivity contribution is 5.94. The van der Waals surface area contributed by atoms with E-state index in [2.05, 4.69) is 20.9 Å². The molecule has 0 aliphatic heterocycles. The second-order valence-corrected chi connectivity index (χ2v) is 6.90. The number of hydrogen-bond donors (Lipinski definition) is 8. The highest BCUT2D eigenvalue weighted by atomic mass is 16.6. The molecule has 0 saturated heterocycles. The summed E-state index contributed by atoms with van der Waals surface area (Å²) < 4.78 is 9.80. The van der Waals surface area contributed by atoms with E-state index in [-0.39, 0.29) is 32.1 Å². The Morgan fingerprint density at radius 2 is 1.71 bits per heavy atom. The van der Waals surface area contributed by atoms with Gasteiger partial charge in [-0.05, 0) is 12.8 Å². The molecule has 16 nitrogen and oxygen atoms in total. The maximum absolute atomic E-state index is 12.3. The lowest BCUT2D eigenvalue weighted by Gasteiger charge is -2.20. The van der Waals surface area contributed by atoms with Crippen LogP contribution >= 0.6 is 0 Å². The van der Waals surface area contributed by atoms with Gasteiger partial charge in [-0.25, -0.2) is 4.79 Å². The number of carboxylic acids is 1. The molecule has 194 valence electrons. The lowest BCUT2D eigenvalue weighted by atomic mass is 10.1. The predicted molar refractivity (Wildman–Crippen MR) is 117 cm³/mol. The highest BCUT2D eigenvalue weighted by Crippen LogP contribution is 2.02. The van der Waals surface area contributed by atoms with Crippen LogP contribution < -0.4 is 33.2 Å². The summed E-state index contributed by atoms with van der Waals surface area (Å²) in [5.41, 5.74) is 15.8. The maximum Gasteiger partial charge on any atom is 0.328 e. The van der Waals surface area contributed by atoms with Gasteiger partial charge in [0, 0.05) is 13.7 Å². The van der Waals surface area contributed by atoms with Crippen LogP contribution in [-0.2, 0) is 33.4 Å². The predicted octanol–water partition coefficient (Wildman–Crippen LogP) is -4.89. The fourth-order valence-electron chi connectivity index (χ4n) is 2.36. The first-order valence-corrected chi connectivity index (χ1v) is 10.2. The number of nitrogens with zero attached hydrogens (tertiary/aromatic N) is 1. The Morgan fingerprint density at radius 1 is 1.03 bits per heavy atom. The van der Waals surface area contributed by atoms with Gasteiger partial charge in [0.05, 0.1) is 26.2 Å². The van der Waals surface area contributed by atoms with Crippen LogP contribution in [0, 0.1) is 0 Å². The standard InChI is InChI=1S/C18H33N7O9/c1-33-5-6-34-17(32)11(3-2-4-22-18(20)21)24-13(27)8-23-16(31)12(7-14(28)29)25-15(30)10(19)9-26/h10-12,26H,2-9,19H2,1H3,(H,23,31)(H,24,27)(H,25,30)(H,28,29)(H4,20,21,22). The molecule has 0 bridgehead atoms. The number of aliphatic carboxylic acids is 1. The summed E-state index contributed by atoms with van der Waals surface area (Å²) in [6.07, 6.45) is -0.345. The minimum Gasteiger partial charge on any atom is -0.481 e. The van der Waals surface area contributed by atoms with Crippen LogP contribution in [0.2, 0.25) is 0 Å². The third-order valence-electron chi connectivity index (χ3n) is 4.07. The van der Waals surface area contributed by atoms with Crippen molar-refractivity contribution in [1.82, 2.24) is 16.0 Å². The number of esters is 1.